The number of nitrogens with one attached hydrogen (secondary N) is 1. The summed E-state index contributed by atoms with van der Waals surface area (Å²) >= 11 is 5.61. The number of benzene rings is 1. The van der Waals surface area contributed by atoms with E-state index in [0.717, 1.165) is 6.42 Å². The van der Waals surface area contributed by atoms with E-state index in [1.54, 1.807) is 0 Å². The van der Waals surface area contributed by atoms with Crippen LogP contribution in [0.1, 0.15) is 20.3 Å². The molecule has 1 aliphatic carbocycles. The molecule has 1 aliphatic rings. The maximum Gasteiger partial charge on any atom is 0.143 e. The van der Waals surface area contributed by atoms with Crippen LogP contribution in [-0.4, -0.2) is 6.04 Å². The molecule has 1 saturated carbocycles. The molecule has 15 heavy (non-hydrogen) atoms. The van der Waals surface area contributed by atoms with Gasteiger partial charge in [0.15, 0.2) is 0 Å². The van der Waals surface area contributed by atoms with E-state index >= 15 is 0 Å². The van der Waals surface area contributed by atoms with Gasteiger partial charge in [-0.2, -0.15) is 0 Å². The van der Waals surface area contributed by atoms with Crippen molar-refractivity contribution < 1.29 is 4.39 Å². The summed E-state index contributed by atoms with van der Waals surface area (Å²) in [5.41, 5.74) is 7.14. The number of hydrogen-bond acceptors (Lipinski definition) is 2. The Bertz CT molecular complexity index is 404. The Balaban J connectivity index is 2.19. The molecule has 1 unspecified atom stereocenters. The lowest BCUT2D eigenvalue weighted by Gasteiger charge is -2.11. The number of nitrogens with two attached hydrogens (primary N) is 1. The van der Waals surface area contributed by atoms with Crippen LogP contribution in [0.15, 0.2) is 12.1 Å². The van der Waals surface area contributed by atoms with Gasteiger partial charge in [-0.25, -0.2) is 4.39 Å². The molecule has 0 amide bonds. The lowest BCUT2D eigenvalue weighted by atomic mass is 10.2. The van der Waals surface area contributed by atoms with E-state index in [1.165, 1.54) is 12.1 Å². The van der Waals surface area contributed by atoms with Crippen molar-refractivity contribution >= 4 is 23.0 Å². The maximum absolute atomic E-state index is 13.2. The van der Waals surface area contributed by atoms with Crippen molar-refractivity contribution in [3.8, 4) is 0 Å². The molecule has 2 nitrogen and oxygen atoms in total. The Morgan fingerprint density at radius 3 is 2.67 bits per heavy atom. The first-order chi connectivity index (χ1) is 6.90. The third-order valence-corrected chi connectivity index (χ3v) is 3.23. The van der Waals surface area contributed by atoms with Gasteiger partial charge in [-0.15, -0.1) is 0 Å². The van der Waals surface area contributed by atoms with Gasteiger partial charge in [0, 0.05) is 12.1 Å². The van der Waals surface area contributed by atoms with Crippen LogP contribution in [-0.2, 0) is 0 Å². The molecule has 2 rings (SSSR count). The summed E-state index contributed by atoms with van der Waals surface area (Å²) in [6, 6.07) is 3.17. The molecule has 0 heterocycles. The van der Waals surface area contributed by atoms with E-state index < -0.39 is 5.82 Å². The van der Waals surface area contributed by atoms with E-state index in [-0.39, 0.29) is 10.4 Å². The minimum Gasteiger partial charge on any atom is -0.397 e. The monoisotopic (exact) mass is 228 g/mol. The molecule has 1 aromatic rings. The first-order valence-electron chi connectivity index (χ1n) is 4.91. The van der Waals surface area contributed by atoms with E-state index in [2.05, 4.69) is 19.2 Å². The highest BCUT2D eigenvalue weighted by molar-refractivity contribution is 6.31. The number of halogens is 2. The highest BCUT2D eigenvalue weighted by Gasteiger charge is 2.45. The zero-order valence-corrected chi connectivity index (χ0v) is 9.53. The Kier molecular flexibility index (Phi) is 2.30. The maximum atomic E-state index is 13.2. The van der Waals surface area contributed by atoms with Gasteiger partial charge in [-0.3, -0.25) is 0 Å². The van der Waals surface area contributed by atoms with Crippen molar-refractivity contribution in [2.45, 2.75) is 26.3 Å². The van der Waals surface area contributed by atoms with Crippen LogP contribution in [0.5, 0.6) is 0 Å². The summed E-state index contributed by atoms with van der Waals surface area (Å²) in [5, 5.41) is 3.28. The van der Waals surface area contributed by atoms with Gasteiger partial charge >= 0.3 is 0 Å². The molecule has 1 fully saturated rings. The van der Waals surface area contributed by atoms with Crippen LogP contribution in [0.3, 0.4) is 0 Å². The van der Waals surface area contributed by atoms with Crippen LogP contribution in [0, 0.1) is 11.2 Å². The van der Waals surface area contributed by atoms with Crippen molar-refractivity contribution in [2.24, 2.45) is 5.41 Å². The molecule has 0 radical (unpaired) electrons. The Morgan fingerprint density at radius 1 is 1.53 bits per heavy atom. The molecule has 82 valence electrons. The second-order valence-corrected chi connectivity index (χ2v) is 5.15. The fourth-order valence-electron chi connectivity index (χ4n) is 1.59. The van der Waals surface area contributed by atoms with E-state index in [4.69, 9.17) is 17.3 Å². The summed E-state index contributed by atoms with van der Waals surface area (Å²) in [6.45, 7) is 4.32. The van der Waals surface area contributed by atoms with Crippen LogP contribution >= 0.6 is 11.6 Å². The average molecular weight is 229 g/mol. The summed E-state index contributed by atoms with van der Waals surface area (Å²) < 4.78 is 13.2. The molecular formula is C11H14ClFN2. The van der Waals surface area contributed by atoms with Crippen LogP contribution in [0.4, 0.5) is 15.8 Å². The molecule has 0 bridgehead atoms. The summed E-state index contributed by atoms with van der Waals surface area (Å²) in [4.78, 5) is 0. The first kappa shape index (κ1) is 10.6. The molecule has 0 spiro atoms. The largest absolute Gasteiger partial charge is 0.397 e. The summed E-state index contributed by atoms with van der Waals surface area (Å²) in [6.07, 6.45) is 1.08. The van der Waals surface area contributed by atoms with Crippen LogP contribution in [0.2, 0.25) is 5.02 Å². The van der Waals surface area contributed by atoms with Gasteiger partial charge in [0.1, 0.15) is 5.82 Å². The quantitative estimate of drug-likeness (QED) is 0.763. The number of nitrogen functional groups attached to an aromatic ring is 1. The SMILES string of the molecule is CC1(C)CC1Nc1cc(F)c(Cl)cc1N. The lowest BCUT2D eigenvalue weighted by molar-refractivity contribution is 0.623. The zero-order chi connectivity index (χ0) is 11.2. The summed E-state index contributed by atoms with van der Waals surface area (Å²) in [7, 11) is 0. The van der Waals surface area contributed by atoms with Crippen molar-refractivity contribution in [2.75, 3.05) is 11.1 Å². The molecular weight excluding hydrogens is 215 g/mol. The average Bonchev–Trinajstić information content (AvgIpc) is 2.70. The van der Waals surface area contributed by atoms with Crippen molar-refractivity contribution in [3.63, 3.8) is 0 Å². The van der Waals surface area contributed by atoms with Crippen LogP contribution < -0.4 is 11.1 Å². The minimum absolute atomic E-state index is 0.0631. The van der Waals surface area contributed by atoms with E-state index in [0.29, 0.717) is 17.4 Å². The fourth-order valence-corrected chi connectivity index (χ4v) is 1.76. The highest BCUT2D eigenvalue weighted by Crippen LogP contribution is 2.47. The second kappa shape index (κ2) is 3.27. The molecule has 0 saturated heterocycles. The summed E-state index contributed by atoms with van der Waals surface area (Å²) in [5.74, 6) is -0.438. The van der Waals surface area contributed by atoms with Crippen molar-refractivity contribution in [3.05, 3.63) is 23.0 Å². The molecule has 4 heteroatoms. The van der Waals surface area contributed by atoms with E-state index in [9.17, 15) is 4.39 Å². The topological polar surface area (TPSA) is 38.0 Å². The van der Waals surface area contributed by atoms with Gasteiger partial charge in [0.25, 0.3) is 0 Å². The fraction of sp³-hybridized carbons (Fsp3) is 0.455. The normalized spacial score (nSPS) is 22.5. The Morgan fingerprint density at radius 2 is 2.13 bits per heavy atom. The number of rotatable bonds is 2. The van der Waals surface area contributed by atoms with Crippen molar-refractivity contribution in [1.82, 2.24) is 0 Å². The molecule has 1 aromatic carbocycles. The minimum atomic E-state index is -0.438. The Labute approximate surface area is 93.6 Å². The molecule has 3 N–H and O–H groups in total. The highest BCUT2D eigenvalue weighted by atomic mass is 35.5. The number of hydrogen-bond donors (Lipinski definition) is 2. The van der Waals surface area contributed by atoms with Crippen LogP contribution in [0.25, 0.3) is 0 Å². The smallest absolute Gasteiger partial charge is 0.143 e. The van der Waals surface area contributed by atoms with Gasteiger partial charge < -0.3 is 11.1 Å². The predicted octanol–water partition coefficient (Wildman–Crippen LogP) is 3.27. The van der Waals surface area contributed by atoms with E-state index in [1.807, 2.05) is 0 Å². The second-order valence-electron chi connectivity index (χ2n) is 4.74. The standard InChI is InChI=1S/C11H14ClFN2/c1-11(2)5-10(11)15-9-4-7(13)6(12)3-8(9)14/h3-4,10,15H,5,14H2,1-2H3. The van der Waals surface area contributed by atoms with Gasteiger partial charge in [0.05, 0.1) is 16.4 Å². The van der Waals surface area contributed by atoms with Gasteiger partial charge in [-0.05, 0) is 17.9 Å². The molecule has 0 aromatic heterocycles. The van der Waals surface area contributed by atoms with Gasteiger partial charge in [-0.1, -0.05) is 25.4 Å². The third-order valence-electron chi connectivity index (χ3n) is 2.94. The number of anilines is 2. The predicted molar refractivity (Wildman–Crippen MR) is 61.6 cm³/mol. The first-order valence-corrected chi connectivity index (χ1v) is 5.29. The third kappa shape index (κ3) is 2.02. The van der Waals surface area contributed by atoms with Crippen molar-refractivity contribution in [1.29, 1.82) is 0 Å². The zero-order valence-electron chi connectivity index (χ0n) is 8.77. The van der Waals surface area contributed by atoms with Gasteiger partial charge in [0.2, 0.25) is 0 Å². The lowest BCUT2D eigenvalue weighted by Crippen LogP contribution is -2.10. The molecule has 0 aliphatic heterocycles. The molecule has 1 atom stereocenters. The Hall–Kier alpha value is -0.960.